The van der Waals surface area contributed by atoms with E-state index in [0.717, 1.165) is 29.7 Å². The Morgan fingerprint density at radius 3 is 1.97 bits per heavy atom. The van der Waals surface area contributed by atoms with Crippen molar-refractivity contribution in [2.45, 2.75) is 25.7 Å². The van der Waals surface area contributed by atoms with Crippen LogP contribution in [0, 0.1) is 17.2 Å². The van der Waals surface area contributed by atoms with Crippen molar-refractivity contribution >= 4 is 72.5 Å². The van der Waals surface area contributed by atoms with Crippen LogP contribution < -0.4 is 10.4 Å². The lowest BCUT2D eigenvalue weighted by Crippen LogP contribution is -2.30. The summed E-state index contributed by atoms with van der Waals surface area (Å²) in [5.41, 5.74) is 12.9. The number of aromatic nitrogens is 2. The van der Waals surface area contributed by atoms with E-state index in [2.05, 4.69) is 180 Å². The fourth-order valence-corrected chi connectivity index (χ4v) is 10.2. The molecule has 0 saturated carbocycles. The Bertz CT molecular complexity index is 3570. The first kappa shape index (κ1) is 33.7. The Hall–Kier alpha value is -7.41. The Labute approximate surface area is 342 Å². The molecule has 0 spiro atoms. The van der Waals surface area contributed by atoms with Gasteiger partial charge in [0.25, 0.3) is 0 Å². The van der Waals surface area contributed by atoms with Crippen molar-refractivity contribution in [1.29, 1.82) is 5.26 Å². The number of benzene rings is 8. The van der Waals surface area contributed by atoms with E-state index >= 15 is 0 Å². The van der Waals surface area contributed by atoms with Crippen molar-refractivity contribution < 1.29 is 0 Å². The molecule has 2 atom stereocenters. The van der Waals surface area contributed by atoms with Gasteiger partial charge in [0.1, 0.15) is 0 Å². The maximum atomic E-state index is 9.25. The first-order chi connectivity index (χ1) is 29.1. The summed E-state index contributed by atoms with van der Waals surface area (Å²) in [7, 11) is 0. The zero-order chi connectivity index (χ0) is 39.2. The van der Waals surface area contributed by atoms with Gasteiger partial charge in [-0.3, -0.25) is 0 Å². The molecule has 0 radical (unpaired) electrons. The summed E-state index contributed by atoms with van der Waals surface area (Å²) in [5.74, 6) is 0.781. The molecule has 3 heteroatoms. The molecule has 8 aromatic carbocycles. The van der Waals surface area contributed by atoms with E-state index in [4.69, 9.17) is 0 Å². The Balaban J connectivity index is 0.950. The molecule has 2 aromatic heterocycles. The number of allylic oxidation sites excluding steroid dienone is 1. The van der Waals surface area contributed by atoms with Crippen molar-refractivity contribution in [2.24, 2.45) is 5.92 Å². The summed E-state index contributed by atoms with van der Waals surface area (Å²) in [6.07, 6.45) is 11.7. The van der Waals surface area contributed by atoms with Crippen LogP contribution in [0.3, 0.4) is 0 Å². The lowest BCUT2D eigenvalue weighted by molar-refractivity contribution is 0.802. The van der Waals surface area contributed by atoms with Gasteiger partial charge in [-0.05, 0) is 140 Å². The molecule has 0 N–H and O–H groups in total. The van der Waals surface area contributed by atoms with Crippen molar-refractivity contribution in [3.05, 3.63) is 197 Å². The molecule has 2 heterocycles. The van der Waals surface area contributed by atoms with Gasteiger partial charge in [0.2, 0.25) is 0 Å². The van der Waals surface area contributed by atoms with Gasteiger partial charge in [-0.2, -0.15) is 5.26 Å². The van der Waals surface area contributed by atoms with E-state index in [1.807, 2.05) is 24.3 Å². The summed E-state index contributed by atoms with van der Waals surface area (Å²) in [6, 6.07) is 59.7. The lowest BCUT2D eigenvalue weighted by Gasteiger charge is -2.20. The van der Waals surface area contributed by atoms with Crippen LogP contribution in [0.2, 0.25) is 0 Å². The monoisotopic (exact) mass is 753 g/mol. The minimum Gasteiger partial charge on any atom is -0.310 e. The van der Waals surface area contributed by atoms with Crippen LogP contribution in [0.15, 0.2) is 164 Å². The third-order valence-corrected chi connectivity index (χ3v) is 13.0. The van der Waals surface area contributed by atoms with Crippen molar-refractivity contribution in [2.75, 3.05) is 0 Å². The average Bonchev–Trinajstić information content (AvgIpc) is 3.81. The highest BCUT2D eigenvalue weighted by Gasteiger charge is 2.25. The van der Waals surface area contributed by atoms with Crippen LogP contribution in [0.1, 0.15) is 41.6 Å². The highest BCUT2D eigenvalue weighted by atomic mass is 15.0. The summed E-state index contributed by atoms with van der Waals surface area (Å²) in [5, 5.41) is 21.2. The predicted molar refractivity (Wildman–Crippen MR) is 247 cm³/mol. The van der Waals surface area contributed by atoms with Crippen LogP contribution in [0.25, 0.3) is 95.0 Å². The van der Waals surface area contributed by atoms with Gasteiger partial charge in [0, 0.05) is 39.1 Å². The average molecular weight is 754 g/mol. The molecule has 2 aliphatic carbocycles. The molecule has 0 aliphatic heterocycles. The molecular formula is C56H39N3. The van der Waals surface area contributed by atoms with Crippen molar-refractivity contribution in [1.82, 2.24) is 9.13 Å². The Morgan fingerprint density at radius 2 is 1.19 bits per heavy atom. The SMILES string of the molecule is CC1C=c2c(c3cc(-n4c5ccccc5c5cc(C6C=Cc7c(c8ccccc8n7-c7ccc(-c8ccc(C#N)cc8)cc7)C6)ccc54)ccc3c3ccccc23)=CC1. The van der Waals surface area contributed by atoms with Crippen molar-refractivity contribution in [3.8, 4) is 28.6 Å². The van der Waals surface area contributed by atoms with Crippen LogP contribution >= 0.6 is 0 Å². The molecule has 59 heavy (non-hydrogen) atoms. The predicted octanol–water partition coefficient (Wildman–Crippen LogP) is 12.5. The van der Waals surface area contributed by atoms with E-state index in [1.54, 1.807) is 0 Å². The standard InChI is InChI=1S/C56H39N3/c1-35-14-26-46-49(30-35)44-9-3-2-8-43(44)45-27-25-42(33-50(45)46)59-54-13-7-5-11-48(54)52-32-40(22-29-56(52)59)39-21-28-55-51(31-39)47-10-4-6-12-53(47)58(55)41-23-19-38(20-24-41)37-17-15-36(34-57)16-18-37/h2-13,15-30,32-33,35,39H,14,31H2,1H3. The molecular weight excluding hydrogens is 715 g/mol. The number of para-hydroxylation sites is 2. The maximum Gasteiger partial charge on any atom is 0.0991 e. The normalized spacial score (nSPS) is 15.9. The molecule has 3 nitrogen and oxygen atoms in total. The molecule has 278 valence electrons. The van der Waals surface area contributed by atoms with Gasteiger partial charge >= 0.3 is 0 Å². The van der Waals surface area contributed by atoms with Crippen LogP contribution in [0.5, 0.6) is 0 Å². The summed E-state index contributed by atoms with van der Waals surface area (Å²) >= 11 is 0. The summed E-state index contributed by atoms with van der Waals surface area (Å²) < 4.78 is 4.89. The molecule has 0 amide bonds. The van der Waals surface area contributed by atoms with Gasteiger partial charge in [-0.25, -0.2) is 0 Å². The Kier molecular flexibility index (Phi) is 7.46. The second-order valence-electron chi connectivity index (χ2n) is 16.4. The van der Waals surface area contributed by atoms with Gasteiger partial charge < -0.3 is 9.13 Å². The van der Waals surface area contributed by atoms with Crippen molar-refractivity contribution in [3.63, 3.8) is 0 Å². The third-order valence-electron chi connectivity index (χ3n) is 13.0. The molecule has 10 aromatic rings. The molecule has 0 fully saturated rings. The summed E-state index contributed by atoms with van der Waals surface area (Å²) in [6.45, 7) is 2.32. The zero-order valence-electron chi connectivity index (χ0n) is 32.7. The van der Waals surface area contributed by atoms with Gasteiger partial charge in [0.05, 0.1) is 28.2 Å². The van der Waals surface area contributed by atoms with E-state index in [9.17, 15) is 5.26 Å². The van der Waals surface area contributed by atoms with Crippen LogP contribution in [-0.4, -0.2) is 9.13 Å². The number of hydrogen-bond acceptors (Lipinski definition) is 1. The molecule has 0 bridgehead atoms. The minimum atomic E-state index is 0.252. The largest absolute Gasteiger partial charge is 0.310 e. The number of fused-ring (bicyclic) bond motifs is 12. The van der Waals surface area contributed by atoms with Gasteiger partial charge in [0.15, 0.2) is 0 Å². The first-order valence-corrected chi connectivity index (χ1v) is 20.7. The van der Waals surface area contributed by atoms with Gasteiger partial charge in [-0.1, -0.05) is 122 Å². The molecule has 12 rings (SSSR count). The van der Waals surface area contributed by atoms with Gasteiger partial charge in [-0.15, -0.1) is 0 Å². The van der Waals surface area contributed by atoms with E-state index in [1.165, 1.54) is 87.2 Å². The number of nitrogens with zero attached hydrogens (tertiary/aromatic N) is 3. The quantitative estimate of drug-likeness (QED) is 0.165. The zero-order valence-corrected chi connectivity index (χ0v) is 32.7. The minimum absolute atomic E-state index is 0.252. The van der Waals surface area contributed by atoms with E-state index < -0.39 is 0 Å². The second-order valence-corrected chi connectivity index (χ2v) is 16.4. The number of hydrogen-bond donors (Lipinski definition) is 0. The smallest absolute Gasteiger partial charge is 0.0991 e. The van der Waals surface area contributed by atoms with E-state index in [-0.39, 0.29) is 5.92 Å². The fourth-order valence-electron chi connectivity index (χ4n) is 10.2. The highest BCUT2D eigenvalue weighted by Crippen LogP contribution is 2.41. The van der Waals surface area contributed by atoms with Crippen LogP contribution in [-0.2, 0) is 6.42 Å². The lowest BCUT2D eigenvalue weighted by atomic mass is 9.86. The second kappa shape index (κ2) is 13.1. The molecule has 2 unspecified atom stereocenters. The third kappa shape index (κ3) is 5.20. The highest BCUT2D eigenvalue weighted by molar-refractivity contribution is 6.11. The number of nitriles is 1. The topological polar surface area (TPSA) is 33.6 Å². The maximum absolute atomic E-state index is 9.25. The molecule has 2 aliphatic rings. The fraction of sp³-hybridized carbons (Fsp3) is 0.0893. The number of rotatable bonds is 4. The Morgan fingerprint density at radius 1 is 0.542 bits per heavy atom. The van der Waals surface area contributed by atoms with Crippen LogP contribution in [0.4, 0.5) is 0 Å². The summed E-state index contributed by atoms with van der Waals surface area (Å²) in [4.78, 5) is 0. The first-order valence-electron chi connectivity index (χ1n) is 20.7. The van der Waals surface area contributed by atoms with E-state index in [0.29, 0.717) is 11.5 Å². The molecule has 0 saturated heterocycles.